The highest BCUT2D eigenvalue weighted by molar-refractivity contribution is 5.33. The van der Waals surface area contributed by atoms with E-state index >= 15 is 0 Å². The third-order valence-electron chi connectivity index (χ3n) is 11.5. The van der Waals surface area contributed by atoms with Crippen LogP contribution in [0, 0.1) is 16.2 Å². The van der Waals surface area contributed by atoms with E-state index in [1.807, 2.05) is 109 Å². The zero-order chi connectivity index (χ0) is 38.1. The van der Waals surface area contributed by atoms with Crippen molar-refractivity contribution in [3.63, 3.8) is 0 Å². The molecule has 0 aliphatic carbocycles. The fourth-order valence-corrected chi connectivity index (χ4v) is 8.16. The molecule has 0 aromatic heterocycles. The molecule has 57 heavy (non-hydrogen) atoms. The van der Waals surface area contributed by atoms with Gasteiger partial charge in [0.1, 0.15) is 0 Å². The summed E-state index contributed by atoms with van der Waals surface area (Å²) >= 11 is 0. The minimum Gasteiger partial charge on any atom is -0.348 e. The standard InChI is InChI=1S/C45H48O12/c1-4-10-31(11-5-1)37-46-19-43(20-47-37)25-52-40(53-26-43)34-16-35(41-54-27-44(28-55-41)21-48-38(49-22-44)32-12-6-2-7-13-32)18-36(17-34)42-56-29-45(30-57-42)23-50-39(51-24-45)33-14-8-3-9-15-33/h1-18,37-42H,19-30H2. The van der Waals surface area contributed by atoms with E-state index in [9.17, 15) is 0 Å². The van der Waals surface area contributed by atoms with Gasteiger partial charge in [-0.05, 0) is 18.2 Å². The maximum Gasteiger partial charge on any atom is 0.183 e. The predicted molar refractivity (Wildman–Crippen MR) is 201 cm³/mol. The smallest absolute Gasteiger partial charge is 0.183 e. The van der Waals surface area contributed by atoms with Crippen molar-refractivity contribution in [2.24, 2.45) is 16.2 Å². The van der Waals surface area contributed by atoms with Gasteiger partial charge in [0.25, 0.3) is 0 Å². The largest absolute Gasteiger partial charge is 0.348 e. The number of ether oxygens (including phenoxy) is 12. The molecule has 4 aromatic carbocycles. The average Bonchev–Trinajstić information content (AvgIpc) is 3.29. The van der Waals surface area contributed by atoms with E-state index in [2.05, 4.69) is 0 Å². The van der Waals surface area contributed by atoms with Gasteiger partial charge >= 0.3 is 0 Å². The van der Waals surface area contributed by atoms with Crippen LogP contribution in [0.3, 0.4) is 0 Å². The zero-order valence-electron chi connectivity index (χ0n) is 31.7. The molecule has 0 radical (unpaired) electrons. The molecule has 6 aliphatic rings. The lowest BCUT2D eigenvalue weighted by Crippen LogP contribution is -2.49. The first-order valence-electron chi connectivity index (χ1n) is 19.7. The Balaban J connectivity index is 0.820. The second kappa shape index (κ2) is 16.2. The Kier molecular flexibility index (Phi) is 10.7. The number of rotatable bonds is 6. The van der Waals surface area contributed by atoms with Crippen molar-refractivity contribution in [1.29, 1.82) is 0 Å². The van der Waals surface area contributed by atoms with Gasteiger partial charge in [-0.3, -0.25) is 0 Å². The van der Waals surface area contributed by atoms with Gasteiger partial charge in [0, 0.05) is 33.4 Å². The van der Waals surface area contributed by atoms with Crippen LogP contribution in [-0.4, -0.2) is 79.3 Å². The molecule has 12 heteroatoms. The summed E-state index contributed by atoms with van der Waals surface area (Å²) in [6.07, 6.45) is -3.16. The summed E-state index contributed by atoms with van der Waals surface area (Å²) in [5.41, 5.74) is 4.15. The van der Waals surface area contributed by atoms with Gasteiger partial charge < -0.3 is 56.8 Å². The summed E-state index contributed by atoms with van der Waals surface area (Å²) in [6, 6.07) is 35.9. The Hall–Kier alpha value is -3.60. The van der Waals surface area contributed by atoms with Crippen LogP contribution in [0.25, 0.3) is 0 Å². The highest BCUT2D eigenvalue weighted by Crippen LogP contribution is 2.44. The summed E-state index contributed by atoms with van der Waals surface area (Å²) < 4.78 is 75.6. The average molecular weight is 781 g/mol. The second-order valence-electron chi connectivity index (χ2n) is 16.4. The van der Waals surface area contributed by atoms with Crippen LogP contribution in [0.4, 0.5) is 0 Å². The highest BCUT2D eigenvalue weighted by atomic mass is 16.7. The molecule has 6 saturated heterocycles. The van der Waals surface area contributed by atoms with E-state index in [1.165, 1.54) is 0 Å². The molecule has 3 spiro atoms. The molecule has 6 fully saturated rings. The molecule has 6 heterocycles. The third kappa shape index (κ3) is 8.07. The molecule has 6 aliphatic heterocycles. The lowest BCUT2D eigenvalue weighted by Gasteiger charge is -2.45. The zero-order valence-corrected chi connectivity index (χ0v) is 31.7. The Morgan fingerprint density at radius 2 is 0.421 bits per heavy atom. The van der Waals surface area contributed by atoms with Crippen LogP contribution in [0.5, 0.6) is 0 Å². The molecular formula is C45H48O12. The van der Waals surface area contributed by atoms with Gasteiger partial charge in [-0.2, -0.15) is 0 Å². The van der Waals surface area contributed by atoms with E-state index in [4.69, 9.17) is 56.8 Å². The Morgan fingerprint density at radius 1 is 0.246 bits per heavy atom. The maximum atomic E-state index is 6.44. The third-order valence-corrected chi connectivity index (χ3v) is 11.5. The van der Waals surface area contributed by atoms with Crippen LogP contribution in [0.15, 0.2) is 109 Å². The van der Waals surface area contributed by atoms with E-state index in [1.54, 1.807) is 0 Å². The topological polar surface area (TPSA) is 111 Å². The molecule has 0 atom stereocenters. The van der Waals surface area contributed by atoms with Gasteiger partial charge in [0.05, 0.1) is 95.5 Å². The minimum atomic E-state index is -0.642. The van der Waals surface area contributed by atoms with Crippen molar-refractivity contribution in [1.82, 2.24) is 0 Å². The number of hydrogen-bond donors (Lipinski definition) is 0. The monoisotopic (exact) mass is 780 g/mol. The molecule has 10 rings (SSSR count). The fourth-order valence-electron chi connectivity index (χ4n) is 8.16. The highest BCUT2D eigenvalue weighted by Gasteiger charge is 2.46. The molecule has 300 valence electrons. The fraction of sp³-hybridized carbons (Fsp3) is 0.467. The van der Waals surface area contributed by atoms with Crippen LogP contribution >= 0.6 is 0 Å². The van der Waals surface area contributed by atoms with Gasteiger partial charge in [0.15, 0.2) is 37.7 Å². The summed E-state index contributed by atoms with van der Waals surface area (Å²) in [4.78, 5) is 0. The quantitative estimate of drug-likeness (QED) is 0.201. The Morgan fingerprint density at radius 3 is 0.614 bits per heavy atom. The number of hydrogen-bond acceptors (Lipinski definition) is 12. The molecule has 0 amide bonds. The van der Waals surface area contributed by atoms with E-state index in [-0.39, 0.29) is 0 Å². The van der Waals surface area contributed by atoms with Crippen molar-refractivity contribution in [2.45, 2.75) is 37.7 Å². The Labute approximate surface area is 332 Å². The predicted octanol–water partition coefficient (Wildman–Crippen LogP) is 7.02. The van der Waals surface area contributed by atoms with Crippen molar-refractivity contribution in [3.8, 4) is 0 Å². The van der Waals surface area contributed by atoms with Gasteiger partial charge in [-0.1, -0.05) is 91.0 Å². The molecule has 0 saturated carbocycles. The van der Waals surface area contributed by atoms with Gasteiger partial charge in [-0.15, -0.1) is 0 Å². The minimum absolute atomic E-state index is 0.407. The molecule has 0 bridgehead atoms. The molecule has 12 nitrogen and oxygen atoms in total. The molecule has 0 unspecified atom stereocenters. The lowest BCUT2D eigenvalue weighted by molar-refractivity contribution is -0.309. The Bertz CT molecular complexity index is 1660. The van der Waals surface area contributed by atoms with E-state index in [0.29, 0.717) is 79.3 Å². The van der Waals surface area contributed by atoms with E-state index < -0.39 is 54.0 Å². The first-order chi connectivity index (χ1) is 28.0. The second-order valence-corrected chi connectivity index (χ2v) is 16.4. The van der Waals surface area contributed by atoms with E-state index in [0.717, 1.165) is 33.4 Å². The van der Waals surface area contributed by atoms with Crippen molar-refractivity contribution in [2.75, 3.05) is 79.3 Å². The first kappa shape index (κ1) is 37.7. The van der Waals surface area contributed by atoms with Crippen LogP contribution in [0.2, 0.25) is 0 Å². The summed E-state index contributed by atoms with van der Waals surface area (Å²) in [7, 11) is 0. The van der Waals surface area contributed by atoms with Gasteiger partial charge in [0.2, 0.25) is 0 Å². The van der Waals surface area contributed by atoms with Crippen molar-refractivity contribution < 1.29 is 56.8 Å². The van der Waals surface area contributed by atoms with Crippen LogP contribution < -0.4 is 0 Å². The first-order valence-corrected chi connectivity index (χ1v) is 19.7. The number of benzene rings is 4. The summed E-state index contributed by atoms with van der Waals surface area (Å²) in [6.45, 7) is 5.20. The summed E-state index contributed by atoms with van der Waals surface area (Å²) in [5, 5.41) is 0. The SMILES string of the molecule is c1ccc(C2OCC3(CO2)COC(c2cc(C4OCC5(COC(c6ccccc6)OC5)CO4)cc(C4OCC5(COC(c6ccccc6)OC5)CO4)c2)OC3)cc1. The van der Waals surface area contributed by atoms with Crippen LogP contribution in [0.1, 0.15) is 71.1 Å². The van der Waals surface area contributed by atoms with Crippen molar-refractivity contribution >= 4 is 0 Å². The maximum absolute atomic E-state index is 6.44. The van der Waals surface area contributed by atoms with Crippen LogP contribution in [-0.2, 0) is 56.8 Å². The van der Waals surface area contributed by atoms with Crippen molar-refractivity contribution in [3.05, 3.63) is 143 Å². The normalized spacial score (nSPS) is 36.0. The summed E-state index contributed by atoms with van der Waals surface area (Å²) in [5.74, 6) is 0. The van der Waals surface area contributed by atoms with Gasteiger partial charge in [-0.25, -0.2) is 0 Å². The molecular weight excluding hydrogens is 732 g/mol. The molecule has 0 N–H and O–H groups in total. The molecule has 4 aromatic rings. The lowest BCUT2D eigenvalue weighted by atomic mass is 9.89.